The third kappa shape index (κ3) is 8.59. The smallest absolute Gasteiger partial charge is 0.272 e. The van der Waals surface area contributed by atoms with E-state index in [9.17, 15) is 14.4 Å². The van der Waals surface area contributed by atoms with E-state index in [2.05, 4.69) is 16.0 Å². The number of benzene rings is 4. The molecule has 3 amide bonds. The van der Waals surface area contributed by atoms with Gasteiger partial charge in [0.15, 0.2) is 0 Å². The maximum absolute atomic E-state index is 13.4. The Hall–Kier alpha value is -4.82. The zero-order chi connectivity index (χ0) is 29.7. The van der Waals surface area contributed by atoms with Gasteiger partial charge in [-0.25, -0.2) is 0 Å². The molecule has 0 fully saturated rings. The molecular formula is C34H33N3O4S. The van der Waals surface area contributed by atoms with Gasteiger partial charge < -0.3 is 20.7 Å². The second-order valence-corrected chi connectivity index (χ2v) is 10.5. The lowest BCUT2D eigenvalue weighted by Gasteiger charge is -2.17. The average Bonchev–Trinajstić information content (AvgIpc) is 3.01. The lowest BCUT2D eigenvalue weighted by Crippen LogP contribution is -2.30. The highest BCUT2D eigenvalue weighted by Gasteiger charge is 2.20. The Morgan fingerprint density at radius 3 is 2.21 bits per heavy atom. The van der Waals surface area contributed by atoms with E-state index < -0.39 is 5.91 Å². The molecular weight excluding hydrogens is 546 g/mol. The van der Waals surface area contributed by atoms with E-state index in [0.29, 0.717) is 35.7 Å². The Morgan fingerprint density at radius 2 is 1.50 bits per heavy atom. The summed E-state index contributed by atoms with van der Waals surface area (Å²) in [7, 11) is 0. The highest BCUT2D eigenvalue weighted by Crippen LogP contribution is 2.30. The third-order valence-corrected chi connectivity index (χ3v) is 7.48. The van der Waals surface area contributed by atoms with Crippen molar-refractivity contribution in [1.82, 2.24) is 5.32 Å². The number of carbonyl (C=O) groups is 3. The van der Waals surface area contributed by atoms with Gasteiger partial charge in [0, 0.05) is 16.1 Å². The minimum Gasteiger partial charge on any atom is -0.492 e. The van der Waals surface area contributed by atoms with Gasteiger partial charge in [0.1, 0.15) is 11.4 Å². The fourth-order valence-corrected chi connectivity index (χ4v) is 5.07. The maximum atomic E-state index is 13.4. The number of para-hydroxylation sites is 2. The highest BCUT2D eigenvalue weighted by atomic mass is 32.2. The SMILES string of the molecule is CCOc1ccccc1NC(=O)C(CC)Sc1cccc(NC(=O)/C(=C/c2ccccc2)NC(=O)c2ccccc2)c1. The summed E-state index contributed by atoms with van der Waals surface area (Å²) in [6.45, 7) is 4.34. The van der Waals surface area contributed by atoms with Crippen LogP contribution in [0.5, 0.6) is 5.75 Å². The highest BCUT2D eigenvalue weighted by molar-refractivity contribution is 8.00. The number of anilines is 2. The lowest BCUT2D eigenvalue weighted by molar-refractivity contribution is -0.116. The van der Waals surface area contributed by atoms with Gasteiger partial charge in [-0.3, -0.25) is 14.4 Å². The van der Waals surface area contributed by atoms with Gasteiger partial charge in [-0.2, -0.15) is 0 Å². The van der Waals surface area contributed by atoms with Gasteiger partial charge in [-0.15, -0.1) is 11.8 Å². The summed E-state index contributed by atoms with van der Waals surface area (Å²) in [5, 5.41) is 8.25. The van der Waals surface area contributed by atoms with Gasteiger partial charge in [0.25, 0.3) is 11.8 Å². The molecule has 4 rings (SSSR count). The van der Waals surface area contributed by atoms with Gasteiger partial charge in [0.05, 0.1) is 17.5 Å². The van der Waals surface area contributed by atoms with Crippen molar-refractivity contribution in [3.8, 4) is 5.75 Å². The van der Waals surface area contributed by atoms with Gasteiger partial charge in [-0.1, -0.05) is 73.7 Å². The molecule has 4 aromatic rings. The molecule has 42 heavy (non-hydrogen) atoms. The van der Waals surface area contributed by atoms with E-state index >= 15 is 0 Å². The molecule has 0 aliphatic carbocycles. The van der Waals surface area contributed by atoms with E-state index in [1.165, 1.54) is 11.8 Å². The molecule has 0 spiro atoms. The van der Waals surface area contributed by atoms with Crippen LogP contribution < -0.4 is 20.7 Å². The molecule has 0 saturated carbocycles. The molecule has 0 aliphatic rings. The van der Waals surface area contributed by atoms with Crippen LogP contribution in [-0.4, -0.2) is 29.6 Å². The van der Waals surface area contributed by atoms with Crippen molar-refractivity contribution in [3.05, 3.63) is 126 Å². The number of carbonyl (C=O) groups excluding carboxylic acids is 3. The molecule has 3 N–H and O–H groups in total. The molecule has 0 radical (unpaired) electrons. The second kappa shape index (κ2) is 15.3. The molecule has 0 heterocycles. The van der Waals surface area contributed by atoms with E-state index in [1.807, 2.05) is 92.7 Å². The van der Waals surface area contributed by atoms with Crippen molar-refractivity contribution in [1.29, 1.82) is 0 Å². The standard InChI is InChI=1S/C34H33N3O4S/c1-3-31(34(40)36-28-20-11-12-21-30(28)41-4-2)42-27-19-13-18-26(23-27)35-33(39)29(22-24-14-7-5-8-15-24)37-32(38)25-16-9-6-10-17-25/h5-23,31H,3-4H2,1-2H3,(H,35,39)(H,36,40)(H,37,38)/b29-22-. The molecule has 0 bridgehead atoms. The van der Waals surface area contributed by atoms with Crippen LogP contribution >= 0.6 is 11.8 Å². The topological polar surface area (TPSA) is 96.5 Å². The van der Waals surface area contributed by atoms with Crippen LogP contribution in [0.1, 0.15) is 36.2 Å². The largest absolute Gasteiger partial charge is 0.492 e. The summed E-state index contributed by atoms with van der Waals surface area (Å²) in [4.78, 5) is 40.2. The fraction of sp³-hybridized carbons (Fsp3) is 0.147. The average molecular weight is 580 g/mol. The first-order valence-corrected chi connectivity index (χ1v) is 14.6. The molecule has 1 atom stereocenters. The van der Waals surface area contributed by atoms with Gasteiger partial charge in [0.2, 0.25) is 5.91 Å². The van der Waals surface area contributed by atoms with Crippen molar-refractivity contribution in [3.63, 3.8) is 0 Å². The third-order valence-electron chi connectivity index (χ3n) is 6.12. The monoisotopic (exact) mass is 579 g/mol. The van der Waals surface area contributed by atoms with Crippen LogP contribution in [0.3, 0.4) is 0 Å². The summed E-state index contributed by atoms with van der Waals surface area (Å²) in [6.07, 6.45) is 2.23. The molecule has 214 valence electrons. The number of amides is 3. The van der Waals surface area contributed by atoms with Gasteiger partial charge in [-0.05, 0) is 67.4 Å². The van der Waals surface area contributed by atoms with E-state index in [1.54, 1.807) is 36.4 Å². The number of ether oxygens (including phenoxy) is 1. The summed E-state index contributed by atoms with van der Waals surface area (Å²) >= 11 is 1.41. The summed E-state index contributed by atoms with van der Waals surface area (Å²) in [5.41, 5.74) is 2.47. The minimum atomic E-state index is -0.470. The van der Waals surface area contributed by atoms with Crippen LogP contribution in [0, 0.1) is 0 Å². The van der Waals surface area contributed by atoms with Crippen LogP contribution in [-0.2, 0) is 9.59 Å². The second-order valence-electron chi connectivity index (χ2n) is 9.20. The van der Waals surface area contributed by atoms with Crippen molar-refractivity contribution in [2.45, 2.75) is 30.4 Å². The van der Waals surface area contributed by atoms with Crippen LogP contribution in [0.2, 0.25) is 0 Å². The van der Waals surface area contributed by atoms with Crippen molar-refractivity contribution < 1.29 is 19.1 Å². The minimum absolute atomic E-state index is 0.104. The number of thioether (sulfide) groups is 1. The number of hydrogen-bond acceptors (Lipinski definition) is 5. The zero-order valence-corrected chi connectivity index (χ0v) is 24.3. The first kappa shape index (κ1) is 30.1. The van der Waals surface area contributed by atoms with Crippen LogP contribution in [0.15, 0.2) is 120 Å². The normalized spacial score (nSPS) is 11.7. The van der Waals surface area contributed by atoms with Crippen LogP contribution in [0.25, 0.3) is 6.08 Å². The summed E-state index contributed by atoms with van der Waals surface area (Å²) < 4.78 is 5.64. The number of nitrogens with one attached hydrogen (secondary N) is 3. The maximum Gasteiger partial charge on any atom is 0.272 e. The molecule has 4 aromatic carbocycles. The molecule has 0 saturated heterocycles. The predicted molar refractivity (Wildman–Crippen MR) is 170 cm³/mol. The summed E-state index contributed by atoms with van der Waals surface area (Å²) in [6, 6.07) is 32.6. The molecule has 0 aromatic heterocycles. The Balaban J connectivity index is 1.48. The van der Waals surface area contributed by atoms with Crippen molar-refractivity contribution in [2.75, 3.05) is 17.2 Å². The summed E-state index contributed by atoms with van der Waals surface area (Å²) in [5.74, 6) is -0.375. The van der Waals surface area contributed by atoms with E-state index in [0.717, 1.165) is 10.5 Å². The fourth-order valence-electron chi connectivity index (χ4n) is 4.05. The van der Waals surface area contributed by atoms with Crippen molar-refractivity contribution in [2.24, 2.45) is 0 Å². The molecule has 0 aliphatic heterocycles. The van der Waals surface area contributed by atoms with Crippen LogP contribution in [0.4, 0.5) is 11.4 Å². The lowest BCUT2D eigenvalue weighted by atomic mass is 10.1. The Morgan fingerprint density at radius 1 is 0.810 bits per heavy atom. The van der Waals surface area contributed by atoms with E-state index in [-0.39, 0.29) is 22.8 Å². The first-order valence-electron chi connectivity index (χ1n) is 13.7. The molecule has 1 unspecified atom stereocenters. The molecule has 7 nitrogen and oxygen atoms in total. The zero-order valence-electron chi connectivity index (χ0n) is 23.5. The quantitative estimate of drug-likeness (QED) is 0.124. The van der Waals surface area contributed by atoms with Gasteiger partial charge >= 0.3 is 0 Å². The number of hydrogen-bond donors (Lipinski definition) is 3. The molecule has 8 heteroatoms. The first-order chi connectivity index (χ1) is 20.5. The number of rotatable bonds is 12. The Kier molecular flexibility index (Phi) is 10.9. The van der Waals surface area contributed by atoms with Crippen molar-refractivity contribution >= 4 is 46.9 Å². The predicted octanol–water partition coefficient (Wildman–Crippen LogP) is 7.00. The van der Waals surface area contributed by atoms with E-state index in [4.69, 9.17) is 4.74 Å². The Labute approximate surface area is 250 Å². The Bertz CT molecular complexity index is 1540.